The van der Waals surface area contributed by atoms with Gasteiger partial charge in [-0.2, -0.15) is 0 Å². The first-order valence-electron chi connectivity index (χ1n) is 5.60. The number of methoxy groups -OCH3 is 1. The SMILES string of the molecule is COc1ccc2nc(C3CCNC3)cn2c1. The molecule has 3 rings (SSSR count). The van der Waals surface area contributed by atoms with Crippen molar-refractivity contribution in [1.29, 1.82) is 0 Å². The molecule has 84 valence electrons. The molecule has 1 unspecified atom stereocenters. The number of ether oxygens (including phenoxy) is 1. The van der Waals surface area contributed by atoms with Gasteiger partial charge in [-0.1, -0.05) is 0 Å². The van der Waals surface area contributed by atoms with Crippen molar-refractivity contribution in [3.05, 3.63) is 30.2 Å². The van der Waals surface area contributed by atoms with Crippen molar-refractivity contribution in [2.24, 2.45) is 0 Å². The average molecular weight is 217 g/mol. The zero-order chi connectivity index (χ0) is 11.0. The van der Waals surface area contributed by atoms with Crippen LogP contribution in [-0.4, -0.2) is 29.6 Å². The maximum Gasteiger partial charge on any atom is 0.137 e. The Balaban J connectivity index is 2.01. The van der Waals surface area contributed by atoms with Gasteiger partial charge in [0.25, 0.3) is 0 Å². The Morgan fingerprint density at radius 2 is 2.38 bits per heavy atom. The van der Waals surface area contributed by atoms with Crippen LogP contribution in [0.2, 0.25) is 0 Å². The molecule has 4 nitrogen and oxygen atoms in total. The van der Waals surface area contributed by atoms with Gasteiger partial charge in [0.05, 0.1) is 19.0 Å². The van der Waals surface area contributed by atoms with E-state index in [2.05, 4.69) is 16.5 Å². The summed E-state index contributed by atoms with van der Waals surface area (Å²) in [4.78, 5) is 4.64. The molecule has 1 aliphatic rings. The molecule has 4 heteroatoms. The van der Waals surface area contributed by atoms with Crippen LogP contribution in [0.1, 0.15) is 18.0 Å². The monoisotopic (exact) mass is 217 g/mol. The quantitative estimate of drug-likeness (QED) is 0.826. The van der Waals surface area contributed by atoms with Gasteiger partial charge in [-0.25, -0.2) is 4.98 Å². The van der Waals surface area contributed by atoms with E-state index in [0.717, 1.165) is 24.5 Å². The number of rotatable bonds is 2. The first-order chi connectivity index (χ1) is 7.86. The van der Waals surface area contributed by atoms with Gasteiger partial charge >= 0.3 is 0 Å². The van der Waals surface area contributed by atoms with Gasteiger partial charge in [0.1, 0.15) is 11.4 Å². The predicted octanol–water partition coefficient (Wildman–Crippen LogP) is 1.42. The van der Waals surface area contributed by atoms with Crippen molar-refractivity contribution in [2.75, 3.05) is 20.2 Å². The zero-order valence-corrected chi connectivity index (χ0v) is 9.31. The van der Waals surface area contributed by atoms with Crippen LogP contribution in [0.4, 0.5) is 0 Å². The number of pyridine rings is 1. The summed E-state index contributed by atoms with van der Waals surface area (Å²) in [7, 11) is 1.68. The largest absolute Gasteiger partial charge is 0.495 e. The van der Waals surface area contributed by atoms with E-state index in [-0.39, 0.29) is 0 Å². The highest BCUT2D eigenvalue weighted by Gasteiger charge is 2.19. The number of aromatic nitrogens is 2. The van der Waals surface area contributed by atoms with Crippen LogP contribution in [0.5, 0.6) is 5.75 Å². The van der Waals surface area contributed by atoms with Gasteiger partial charge in [0.15, 0.2) is 0 Å². The third-order valence-electron chi connectivity index (χ3n) is 3.16. The molecule has 0 aromatic carbocycles. The van der Waals surface area contributed by atoms with Gasteiger partial charge in [0, 0.05) is 18.7 Å². The topological polar surface area (TPSA) is 38.6 Å². The lowest BCUT2D eigenvalue weighted by atomic mass is 10.1. The Morgan fingerprint density at radius 1 is 1.44 bits per heavy atom. The predicted molar refractivity (Wildman–Crippen MR) is 62.0 cm³/mol. The molecule has 1 atom stereocenters. The summed E-state index contributed by atoms with van der Waals surface area (Å²) >= 11 is 0. The summed E-state index contributed by atoms with van der Waals surface area (Å²) in [6, 6.07) is 3.93. The van der Waals surface area contributed by atoms with E-state index >= 15 is 0 Å². The lowest BCUT2D eigenvalue weighted by Crippen LogP contribution is -2.07. The minimum Gasteiger partial charge on any atom is -0.495 e. The average Bonchev–Trinajstić information content (AvgIpc) is 2.96. The Labute approximate surface area is 94.3 Å². The van der Waals surface area contributed by atoms with Crippen molar-refractivity contribution in [2.45, 2.75) is 12.3 Å². The third kappa shape index (κ3) is 1.55. The van der Waals surface area contributed by atoms with E-state index in [1.807, 2.05) is 22.7 Å². The van der Waals surface area contributed by atoms with Crippen LogP contribution < -0.4 is 10.1 Å². The van der Waals surface area contributed by atoms with Crippen molar-refractivity contribution in [3.8, 4) is 5.75 Å². The fourth-order valence-corrected chi connectivity index (χ4v) is 2.22. The van der Waals surface area contributed by atoms with Crippen molar-refractivity contribution in [1.82, 2.24) is 14.7 Å². The highest BCUT2D eigenvalue weighted by atomic mass is 16.5. The van der Waals surface area contributed by atoms with Crippen molar-refractivity contribution < 1.29 is 4.74 Å². The summed E-state index contributed by atoms with van der Waals surface area (Å²) in [6.07, 6.45) is 5.25. The summed E-state index contributed by atoms with van der Waals surface area (Å²) in [5, 5.41) is 3.36. The smallest absolute Gasteiger partial charge is 0.137 e. The van der Waals surface area contributed by atoms with Crippen LogP contribution >= 0.6 is 0 Å². The van der Waals surface area contributed by atoms with Crippen LogP contribution in [0.15, 0.2) is 24.5 Å². The van der Waals surface area contributed by atoms with E-state index in [1.165, 1.54) is 12.1 Å². The van der Waals surface area contributed by atoms with Gasteiger partial charge in [0.2, 0.25) is 0 Å². The molecule has 2 aromatic heterocycles. The molecule has 1 aliphatic heterocycles. The molecular formula is C12H15N3O. The summed E-state index contributed by atoms with van der Waals surface area (Å²) in [5.41, 5.74) is 2.17. The third-order valence-corrected chi connectivity index (χ3v) is 3.16. The number of hydrogen-bond acceptors (Lipinski definition) is 3. The van der Waals surface area contributed by atoms with Gasteiger partial charge < -0.3 is 14.5 Å². The van der Waals surface area contributed by atoms with Crippen LogP contribution in [0, 0.1) is 0 Å². The molecule has 1 N–H and O–H groups in total. The standard InChI is InChI=1S/C12H15N3O/c1-16-10-2-3-12-14-11(8-15(12)7-10)9-4-5-13-6-9/h2-3,7-9,13H,4-6H2,1H3. The summed E-state index contributed by atoms with van der Waals surface area (Å²) in [5.74, 6) is 1.42. The molecule has 0 saturated carbocycles. The number of imidazole rings is 1. The zero-order valence-electron chi connectivity index (χ0n) is 9.31. The fourth-order valence-electron chi connectivity index (χ4n) is 2.22. The van der Waals surface area contributed by atoms with E-state index in [0.29, 0.717) is 5.92 Å². The van der Waals surface area contributed by atoms with Gasteiger partial charge in [-0.15, -0.1) is 0 Å². The van der Waals surface area contributed by atoms with Gasteiger partial charge in [-0.3, -0.25) is 0 Å². The molecule has 0 aliphatic carbocycles. The molecule has 1 saturated heterocycles. The summed E-state index contributed by atoms with van der Waals surface area (Å²) < 4.78 is 7.23. The normalized spacial score (nSPS) is 20.4. The maximum absolute atomic E-state index is 5.20. The maximum atomic E-state index is 5.20. The molecule has 3 heterocycles. The van der Waals surface area contributed by atoms with E-state index in [1.54, 1.807) is 7.11 Å². The van der Waals surface area contributed by atoms with Crippen LogP contribution in [0.25, 0.3) is 5.65 Å². The lowest BCUT2D eigenvalue weighted by molar-refractivity contribution is 0.412. The minimum atomic E-state index is 0.561. The minimum absolute atomic E-state index is 0.561. The second-order valence-electron chi connectivity index (χ2n) is 4.19. The number of hydrogen-bond donors (Lipinski definition) is 1. The Kier molecular flexibility index (Phi) is 2.29. The van der Waals surface area contributed by atoms with Crippen LogP contribution in [-0.2, 0) is 0 Å². The Bertz CT molecular complexity index is 500. The Hall–Kier alpha value is -1.55. The second kappa shape index (κ2) is 3.79. The first kappa shape index (κ1) is 9.66. The summed E-state index contributed by atoms with van der Waals surface area (Å²) in [6.45, 7) is 2.14. The van der Waals surface area contributed by atoms with Crippen molar-refractivity contribution in [3.63, 3.8) is 0 Å². The molecule has 0 bridgehead atoms. The molecule has 0 amide bonds. The van der Waals surface area contributed by atoms with E-state index < -0.39 is 0 Å². The molecule has 16 heavy (non-hydrogen) atoms. The Morgan fingerprint density at radius 3 is 3.12 bits per heavy atom. The number of nitrogens with one attached hydrogen (secondary N) is 1. The molecule has 2 aromatic rings. The fraction of sp³-hybridized carbons (Fsp3) is 0.417. The van der Waals surface area contributed by atoms with E-state index in [4.69, 9.17) is 4.74 Å². The van der Waals surface area contributed by atoms with Crippen molar-refractivity contribution >= 4 is 5.65 Å². The molecule has 0 spiro atoms. The highest BCUT2D eigenvalue weighted by molar-refractivity contribution is 5.43. The lowest BCUT2D eigenvalue weighted by Gasteiger charge is -2.01. The van der Waals surface area contributed by atoms with E-state index in [9.17, 15) is 0 Å². The number of fused-ring (bicyclic) bond motifs is 1. The molecule has 1 fully saturated rings. The molecular weight excluding hydrogens is 202 g/mol. The number of nitrogens with zero attached hydrogens (tertiary/aromatic N) is 2. The molecule has 0 radical (unpaired) electrons. The highest BCUT2D eigenvalue weighted by Crippen LogP contribution is 2.22. The van der Waals surface area contributed by atoms with Crippen LogP contribution in [0.3, 0.4) is 0 Å². The second-order valence-corrected chi connectivity index (χ2v) is 4.19. The van der Waals surface area contributed by atoms with Gasteiger partial charge in [-0.05, 0) is 25.1 Å². The first-order valence-corrected chi connectivity index (χ1v) is 5.60.